The molecule has 0 saturated heterocycles. The number of carbonyl (C=O) groups is 1. The topological polar surface area (TPSA) is 44.1 Å². The number of carbonyl (C=O) groups excluding carboxylic acids is 1. The largest absolute Gasteiger partial charge is 0.454 e. The number of nitrogens with zero attached hydrogens (tertiary/aromatic N) is 2. The zero-order chi connectivity index (χ0) is 19.4. The summed E-state index contributed by atoms with van der Waals surface area (Å²) in [4.78, 5) is 16.5. The molecule has 0 bridgehead atoms. The molecule has 2 atom stereocenters. The van der Waals surface area contributed by atoms with Gasteiger partial charge in [0.2, 0.25) is 0 Å². The van der Waals surface area contributed by atoms with Gasteiger partial charge in [0.25, 0.3) is 0 Å². The second-order valence-corrected chi connectivity index (χ2v) is 7.47. The fraction of sp³-hybridized carbons (Fsp3) is 0.158. The zero-order valence-corrected chi connectivity index (χ0v) is 16.9. The molecule has 0 aliphatic carbocycles. The SMILES string of the molecule is O=C(Cc1ccc(Cl)c(Cl)c1)OC(c1ccc(Cl)cc1)C(Cl)n1ccnc1. The first-order chi connectivity index (χ1) is 12.9. The summed E-state index contributed by atoms with van der Waals surface area (Å²) in [7, 11) is 0. The van der Waals surface area contributed by atoms with E-state index in [1.807, 2.05) is 0 Å². The lowest BCUT2D eigenvalue weighted by molar-refractivity contribution is -0.149. The van der Waals surface area contributed by atoms with Gasteiger partial charge in [0.1, 0.15) is 5.50 Å². The fourth-order valence-corrected chi connectivity index (χ4v) is 3.27. The minimum Gasteiger partial charge on any atom is -0.454 e. The number of hydrogen-bond donors (Lipinski definition) is 0. The average molecular weight is 444 g/mol. The number of rotatable bonds is 6. The van der Waals surface area contributed by atoms with Crippen molar-refractivity contribution in [2.24, 2.45) is 0 Å². The molecule has 0 saturated carbocycles. The number of esters is 1. The Kier molecular flexibility index (Phi) is 6.66. The van der Waals surface area contributed by atoms with Gasteiger partial charge in [-0.05, 0) is 35.4 Å². The highest BCUT2D eigenvalue weighted by molar-refractivity contribution is 6.42. The predicted octanol–water partition coefficient (Wildman–Crippen LogP) is 6.11. The minimum atomic E-state index is -0.728. The van der Waals surface area contributed by atoms with Gasteiger partial charge in [-0.15, -0.1) is 0 Å². The molecule has 0 aliphatic rings. The molecule has 8 heteroatoms. The third kappa shape index (κ3) is 5.17. The van der Waals surface area contributed by atoms with Crippen molar-refractivity contribution >= 4 is 52.4 Å². The molecule has 2 aromatic carbocycles. The van der Waals surface area contributed by atoms with Crippen LogP contribution in [0.5, 0.6) is 0 Å². The van der Waals surface area contributed by atoms with Crippen LogP contribution >= 0.6 is 46.4 Å². The number of aromatic nitrogens is 2. The number of hydrogen-bond acceptors (Lipinski definition) is 3. The minimum absolute atomic E-state index is 0.0362. The summed E-state index contributed by atoms with van der Waals surface area (Å²) in [6, 6.07) is 12.0. The first-order valence-corrected chi connectivity index (χ1v) is 9.51. The van der Waals surface area contributed by atoms with Crippen LogP contribution in [0.1, 0.15) is 22.7 Å². The number of benzene rings is 2. The standard InChI is InChI=1S/C19H14Cl4N2O2/c20-14-4-2-13(3-5-14)18(19(23)25-8-7-24-11-25)27-17(26)10-12-1-6-15(21)16(22)9-12/h1-9,11,18-19H,10H2. The molecular weight excluding hydrogens is 430 g/mol. The molecule has 2 unspecified atom stereocenters. The van der Waals surface area contributed by atoms with Gasteiger partial charge < -0.3 is 9.30 Å². The van der Waals surface area contributed by atoms with Crippen LogP contribution in [0.25, 0.3) is 0 Å². The van der Waals surface area contributed by atoms with Gasteiger partial charge in [-0.1, -0.05) is 64.6 Å². The van der Waals surface area contributed by atoms with E-state index in [1.54, 1.807) is 65.8 Å². The molecule has 1 aromatic heterocycles. The monoisotopic (exact) mass is 442 g/mol. The number of ether oxygens (including phenoxy) is 1. The van der Waals surface area contributed by atoms with Crippen molar-refractivity contribution in [3.63, 3.8) is 0 Å². The second kappa shape index (κ2) is 8.98. The van der Waals surface area contributed by atoms with Gasteiger partial charge in [-0.2, -0.15) is 0 Å². The van der Waals surface area contributed by atoms with Crippen LogP contribution < -0.4 is 0 Å². The Balaban J connectivity index is 1.80. The van der Waals surface area contributed by atoms with Crippen molar-refractivity contribution in [3.8, 4) is 0 Å². The van der Waals surface area contributed by atoms with Crippen LogP contribution in [0.4, 0.5) is 0 Å². The highest BCUT2D eigenvalue weighted by Gasteiger charge is 2.27. The molecule has 0 radical (unpaired) electrons. The first-order valence-electron chi connectivity index (χ1n) is 7.94. The Morgan fingerprint density at radius 2 is 1.81 bits per heavy atom. The van der Waals surface area contributed by atoms with Crippen LogP contribution in [0, 0.1) is 0 Å². The highest BCUT2D eigenvalue weighted by atomic mass is 35.5. The summed E-state index contributed by atoms with van der Waals surface area (Å²) < 4.78 is 7.36. The van der Waals surface area contributed by atoms with Gasteiger partial charge >= 0.3 is 5.97 Å². The van der Waals surface area contributed by atoms with E-state index in [2.05, 4.69) is 4.98 Å². The van der Waals surface area contributed by atoms with Crippen molar-refractivity contribution in [1.29, 1.82) is 0 Å². The summed E-state index contributed by atoms with van der Waals surface area (Å²) >= 11 is 24.4. The molecule has 140 valence electrons. The lowest BCUT2D eigenvalue weighted by atomic mass is 10.1. The summed E-state index contributed by atoms with van der Waals surface area (Å²) in [5.74, 6) is -0.445. The van der Waals surface area contributed by atoms with E-state index < -0.39 is 17.6 Å². The first kappa shape index (κ1) is 20.0. The van der Waals surface area contributed by atoms with Crippen LogP contribution in [0.3, 0.4) is 0 Å². The van der Waals surface area contributed by atoms with Gasteiger partial charge in [0.15, 0.2) is 6.10 Å². The van der Waals surface area contributed by atoms with E-state index in [1.165, 1.54) is 0 Å². The van der Waals surface area contributed by atoms with Crippen molar-refractivity contribution in [2.45, 2.75) is 18.0 Å². The van der Waals surface area contributed by atoms with E-state index in [9.17, 15) is 4.79 Å². The Hall–Kier alpha value is -1.72. The van der Waals surface area contributed by atoms with E-state index in [0.717, 1.165) is 5.56 Å². The lowest BCUT2D eigenvalue weighted by Gasteiger charge is -2.24. The Morgan fingerprint density at radius 1 is 1.07 bits per heavy atom. The fourth-order valence-electron chi connectivity index (χ4n) is 2.51. The van der Waals surface area contributed by atoms with Crippen LogP contribution in [0.2, 0.25) is 15.1 Å². The molecule has 3 rings (SSSR count). The second-order valence-electron chi connectivity index (χ2n) is 5.77. The third-order valence-corrected chi connectivity index (χ3v) is 5.29. The van der Waals surface area contributed by atoms with Gasteiger partial charge in [-0.3, -0.25) is 4.79 Å². The number of alkyl halides is 1. The Morgan fingerprint density at radius 3 is 2.44 bits per heavy atom. The van der Waals surface area contributed by atoms with Crippen molar-refractivity contribution in [3.05, 3.63) is 87.4 Å². The van der Waals surface area contributed by atoms with Gasteiger partial charge in [0.05, 0.1) is 22.8 Å². The van der Waals surface area contributed by atoms with E-state index in [4.69, 9.17) is 51.1 Å². The number of imidazole rings is 1. The Bertz CT molecular complexity index is 914. The molecule has 3 aromatic rings. The van der Waals surface area contributed by atoms with Crippen molar-refractivity contribution in [1.82, 2.24) is 9.55 Å². The maximum Gasteiger partial charge on any atom is 0.310 e. The van der Waals surface area contributed by atoms with Crippen LogP contribution in [-0.4, -0.2) is 15.5 Å². The van der Waals surface area contributed by atoms with E-state index in [0.29, 0.717) is 20.6 Å². The average Bonchev–Trinajstić information content (AvgIpc) is 3.18. The van der Waals surface area contributed by atoms with Gasteiger partial charge in [0, 0.05) is 17.4 Å². The molecule has 0 amide bonds. The summed E-state index contributed by atoms with van der Waals surface area (Å²) in [6.45, 7) is 0. The predicted molar refractivity (Wildman–Crippen MR) is 108 cm³/mol. The molecule has 0 N–H and O–H groups in total. The molecule has 4 nitrogen and oxygen atoms in total. The van der Waals surface area contributed by atoms with Crippen LogP contribution in [-0.2, 0) is 16.0 Å². The van der Waals surface area contributed by atoms with Crippen LogP contribution in [0.15, 0.2) is 61.2 Å². The Labute approximate surface area is 176 Å². The summed E-state index contributed by atoms with van der Waals surface area (Å²) in [5.41, 5.74) is 0.736. The maximum absolute atomic E-state index is 12.5. The van der Waals surface area contributed by atoms with E-state index in [-0.39, 0.29) is 6.42 Å². The van der Waals surface area contributed by atoms with E-state index >= 15 is 0 Å². The summed E-state index contributed by atoms with van der Waals surface area (Å²) in [6.07, 6.45) is 4.18. The normalized spacial score (nSPS) is 13.2. The van der Waals surface area contributed by atoms with Crippen molar-refractivity contribution in [2.75, 3.05) is 0 Å². The molecule has 1 heterocycles. The molecule has 27 heavy (non-hydrogen) atoms. The molecule has 0 fully saturated rings. The maximum atomic E-state index is 12.5. The quantitative estimate of drug-likeness (QED) is 0.341. The zero-order valence-electron chi connectivity index (χ0n) is 13.9. The third-order valence-electron chi connectivity index (χ3n) is 3.85. The smallest absolute Gasteiger partial charge is 0.310 e. The van der Waals surface area contributed by atoms with Crippen molar-refractivity contribution < 1.29 is 9.53 Å². The lowest BCUT2D eigenvalue weighted by Crippen LogP contribution is -2.20. The van der Waals surface area contributed by atoms with Gasteiger partial charge in [-0.25, -0.2) is 4.98 Å². The molecular formula is C19H14Cl4N2O2. The molecule has 0 spiro atoms. The number of halogens is 4. The summed E-state index contributed by atoms with van der Waals surface area (Å²) in [5, 5.41) is 1.38. The highest BCUT2D eigenvalue weighted by Crippen LogP contribution is 2.34. The molecule has 0 aliphatic heterocycles.